The molecule has 1 saturated heterocycles. The minimum absolute atomic E-state index is 0.187. The second kappa shape index (κ2) is 40.5. The van der Waals surface area contributed by atoms with Crippen LogP contribution in [-0.4, -0.2) is 87.5 Å². The maximum atomic E-state index is 12.8. The van der Waals surface area contributed by atoms with Crippen molar-refractivity contribution in [1.29, 1.82) is 0 Å². The first-order valence-electron chi connectivity index (χ1n) is 24.7. The third-order valence-corrected chi connectivity index (χ3v) is 11.7. The Bertz CT molecular complexity index is 1020. The number of aliphatic hydroxyl groups is 5. The quantitative estimate of drug-likeness (QED) is 0.0263. The Labute approximate surface area is 361 Å². The Morgan fingerprint density at radius 1 is 0.576 bits per heavy atom. The average Bonchev–Trinajstić information content (AvgIpc) is 3.23. The molecule has 0 bridgehead atoms. The largest absolute Gasteiger partial charge is 0.394 e. The van der Waals surface area contributed by atoms with E-state index in [0.717, 1.165) is 38.5 Å². The minimum Gasteiger partial charge on any atom is -0.394 e. The van der Waals surface area contributed by atoms with Crippen LogP contribution in [0.3, 0.4) is 0 Å². The molecule has 1 aliphatic heterocycles. The van der Waals surface area contributed by atoms with Crippen molar-refractivity contribution in [3.05, 3.63) is 36.5 Å². The highest BCUT2D eigenvalue weighted by molar-refractivity contribution is 5.76. The van der Waals surface area contributed by atoms with Crippen LogP contribution < -0.4 is 5.32 Å². The molecule has 6 N–H and O–H groups in total. The van der Waals surface area contributed by atoms with Crippen LogP contribution >= 0.6 is 0 Å². The monoisotopic (exact) mass is 836 g/mol. The van der Waals surface area contributed by atoms with E-state index in [9.17, 15) is 30.3 Å². The van der Waals surface area contributed by atoms with Crippen LogP contribution in [0.25, 0.3) is 0 Å². The summed E-state index contributed by atoms with van der Waals surface area (Å²) < 4.78 is 11.1. The van der Waals surface area contributed by atoms with Crippen molar-refractivity contribution in [2.24, 2.45) is 0 Å². The fourth-order valence-electron chi connectivity index (χ4n) is 7.72. The van der Waals surface area contributed by atoms with Gasteiger partial charge in [0.05, 0.1) is 25.4 Å². The second-order valence-electron chi connectivity index (χ2n) is 17.3. The number of unbranched alkanes of at least 4 members (excludes halogenated alkanes) is 27. The number of hydrogen-bond donors (Lipinski definition) is 6. The molecule has 0 aromatic rings. The molecule has 0 aliphatic carbocycles. The Morgan fingerprint density at radius 2 is 1.03 bits per heavy atom. The van der Waals surface area contributed by atoms with E-state index in [1.165, 1.54) is 161 Å². The SMILES string of the molecule is CCC/C=C/C(O)C(COC1OC(CO)C(O)C(O)C1O)NC(=O)CCCCCCCCCCCCCCCCCCCCCCC/C=C\C/C=C\CCCCCCC. The maximum absolute atomic E-state index is 12.8. The van der Waals surface area contributed by atoms with Gasteiger partial charge in [0.1, 0.15) is 24.4 Å². The molecule has 346 valence electrons. The van der Waals surface area contributed by atoms with Gasteiger partial charge in [0.2, 0.25) is 5.91 Å². The number of carbonyl (C=O) groups excluding carboxylic acids is 1. The van der Waals surface area contributed by atoms with Gasteiger partial charge in [-0.05, 0) is 44.9 Å². The van der Waals surface area contributed by atoms with Crippen molar-refractivity contribution >= 4 is 5.91 Å². The van der Waals surface area contributed by atoms with Crippen LogP contribution in [-0.2, 0) is 14.3 Å². The molecule has 1 heterocycles. The van der Waals surface area contributed by atoms with E-state index in [4.69, 9.17) is 9.47 Å². The van der Waals surface area contributed by atoms with Crippen molar-refractivity contribution < 1.29 is 39.8 Å². The van der Waals surface area contributed by atoms with Gasteiger partial charge in [0.25, 0.3) is 0 Å². The molecule has 9 nitrogen and oxygen atoms in total. The van der Waals surface area contributed by atoms with Gasteiger partial charge >= 0.3 is 0 Å². The van der Waals surface area contributed by atoms with E-state index >= 15 is 0 Å². The molecule has 1 fully saturated rings. The van der Waals surface area contributed by atoms with Gasteiger partial charge in [-0.25, -0.2) is 0 Å². The van der Waals surface area contributed by atoms with E-state index in [2.05, 4.69) is 36.5 Å². The second-order valence-corrected chi connectivity index (χ2v) is 17.3. The predicted octanol–water partition coefficient (Wildman–Crippen LogP) is 10.8. The highest BCUT2D eigenvalue weighted by atomic mass is 16.7. The summed E-state index contributed by atoms with van der Waals surface area (Å²) in [6, 6.07) is -0.798. The number of aliphatic hydroxyl groups excluding tert-OH is 5. The van der Waals surface area contributed by atoms with Gasteiger partial charge in [-0.1, -0.05) is 204 Å². The Morgan fingerprint density at radius 3 is 1.49 bits per heavy atom. The first-order valence-corrected chi connectivity index (χ1v) is 24.7. The zero-order valence-corrected chi connectivity index (χ0v) is 38.0. The van der Waals surface area contributed by atoms with Crippen molar-refractivity contribution in [3.63, 3.8) is 0 Å². The summed E-state index contributed by atoms with van der Waals surface area (Å²) in [6.07, 6.45) is 44.7. The molecule has 1 rings (SSSR count). The Kier molecular flexibility index (Phi) is 38.0. The number of nitrogens with one attached hydrogen (secondary N) is 1. The normalized spacial score (nSPS) is 21.0. The lowest BCUT2D eigenvalue weighted by Crippen LogP contribution is -2.60. The van der Waals surface area contributed by atoms with Gasteiger partial charge in [0.15, 0.2) is 6.29 Å². The molecule has 0 saturated carbocycles. The lowest BCUT2D eigenvalue weighted by Gasteiger charge is -2.40. The van der Waals surface area contributed by atoms with E-state index in [1.807, 2.05) is 13.0 Å². The van der Waals surface area contributed by atoms with Crippen molar-refractivity contribution in [2.45, 2.75) is 262 Å². The van der Waals surface area contributed by atoms with E-state index in [0.29, 0.717) is 6.42 Å². The van der Waals surface area contributed by atoms with Crippen LogP contribution in [0.15, 0.2) is 36.5 Å². The molecule has 9 heteroatoms. The number of hydrogen-bond acceptors (Lipinski definition) is 8. The Balaban J connectivity index is 1.95. The summed E-state index contributed by atoms with van der Waals surface area (Å²) in [5, 5.41) is 53.4. The molecular weight excluding hydrogens is 743 g/mol. The number of ether oxygens (including phenoxy) is 2. The molecular formula is C50H93NO8. The van der Waals surface area contributed by atoms with Gasteiger partial charge in [-0.2, -0.15) is 0 Å². The first kappa shape index (κ1) is 55.4. The Hall–Kier alpha value is -1.59. The number of amides is 1. The van der Waals surface area contributed by atoms with Crippen LogP contribution in [0, 0.1) is 0 Å². The van der Waals surface area contributed by atoms with E-state index < -0.39 is 49.5 Å². The third-order valence-electron chi connectivity index (χ3n) is 11.7. The third kappa shape index (κ3) is 31.0. The number of rotatable bonds is 41. The maximum Gasteiger partial charge on any atom is 0.220 e. The molecule has 1 amide bonds. The fraction of sp³-hybridized carbons (Fsp3) is 0.860. The lowest BCUT2D eigenvalue weighted by atomic mass is 9.99. The first-order chi connectivity index (χ1) is 28.8. The molecule has 0 radical (unpaired) electrons. The summed E-state index contributed by atoms with van der Waals surface area (Å²) in [6.45, 7) is 3.55. The molecule has 0 aromatic carbocycles. The van der Waals surface area contributed by atoms with Gasteiger partial charge in [-0.15, -0.1) is 0 Å². The van der Waals surface area contributed by atoms with Crippen LogP contribution in [0.4, 0.5) is 0 Å². The molecule has 59 heavy (non-hydrogen) atoms. The summed E-state index contributed by atoms with van der Waals surface area (Å²) in [4.78, 5) is 12.8. The minimum atomic E-state index is -1.56. The summed E-state index contributed by atoms with van der Waals surface area (Å²) in [5.41, 5.74) is 0. The molecule has 1 aliphatic rings. The molecule has 7 atom stereocenters. The predicted molar refractivity (Wildman–Crippen MR) is 244 cm³/mol. The summed E-state index contributed by atoms with van der Waals surface area (Å²) in [5.74, 6) is -0.187. The van der Waals surface area contributed by atoms with Crippen LogP contribution in [0.1, 0.15) is 219 Å². The van der Waals surface area contributed by atoms with Crippen molar-refractivity contribution in [2.75, 3.05) is 13.2 Å². The van der Waals surface area contributed by atoms with Crippen molar-refractivity contribution in [3.8, 4) is 0 Å². The molecule has 7 unspecified atom stereocenters. The van der Waals surface area contributed by atoms with Gasteiger partial charge < -0.3 is 40.3 Å². The zero-order valence-electron chi connectivity index (χ0n) is 38.0. The smallest absolute Gasteiger partial charge is 0.220 e. The summed E-state index contributed by atoms with van der Waals surface area (Å²) >= 11 is 0. The molecule has 0 spiro atoms. The lowest BCUT2D eigenvalue weighted by molar-refractivity contribution is -0.302. The zero-order chi connectivity index (χ0) is 43.0. The van der Waals surface area contributed by atoms with Crippen LogP contribution in [0.5, 0.6) is 0 Å². The summed E-state index contributed by atoms with van der Waals surface area (Å²) in [7, 11) is 0. The van der Waals surface area contributed by atoms with Crippen LogP contribution in [0.2, 0.25) is 0 Å². The topological polar surface area (TPSA) is 149 Å². The fourth-order valence-corrected chi connectivity index (χ4v) is 7.72. The van der Waals surface area contributed by atoms with Crippen molar-refractivity contribution in [1.82, 2.24) is 5.32 Å². The van der Waals surface area contributed by atoms with E-state index in [-0.39, 0.29) is 12.5 Å². The highest BCUT2D eigenvalue weighted by Gasteiger charge is 2.44. The van der Waals surface area contributed by atoms with Gasteiger partial charge in [-0.3, -0.25) is 4.79 Å². The number of allylic oxidation sites excluding steroid dienone is 5. The van der Waals surface area contributed by atoms with E-state index in [1.54, 1.807) is 6.08 Å². The standard InChI is InChI=1S/C50H93NO8/c1-3-5-7-8-9-10-11-12-13-14-15-16-17-18-19-20-21-22-23-24-25-26-27-28-29-30-31-32-33-34-35-36-38-40-46(54)51-43(44(53)39-37-6-4-2)42-58-50-49(57)48(56)47(55)45(41-52)59-50/h11-12,14-15,37,39,43-45,47-50,52-53,55-57H,3-10,13,16-36,38,40-42H2,1-2H3,(H,51,54)/b12-11-,15-14-,39-37+. The van der Waals surface area contributed by atoms with Gasteiger partial charge in [0, 0.05) is 6.42 Å². The average molecular weight is 836 g/mol. The molecule has 0 aromatic heterocycles. The highest BCUT2D eigenvalue weighted by Crippen LogP contribution is 2.23. The number of carbonyl (C=O) groups is 1.